The molecule has 0 heterocycles. The minimum absolute atomic E-state index is 0.0259. The van der Waals surface area contributed by atoms with Gasteiger partial charge in [-0.2, -0.15) is 0 Å². The normalized spacial score (nSPS) is 12.4. The standard InChI is InChI=1S/C18H16BrNO3/c19-9-12(21)10-20-18(22)23-11-17-15-7-3-1-5-13(15)14-6-2-4-8-16(14)17/h1-8,17H,9-11H2,(H,20,22). The van der Waals surface area contributed by atoms with Crippen molar-refractivity contribution in [3.05, 3.63) is 59.7 Å². The highest BCUT2D eigenvalue weighted by atomic mass is 79.9. The van der Waals surface area contributed by atoms with Crippen LogP contribution in [0.5, 0.6) is 0 Å². The molecule has 0 radical (unpaired) electrons. The number of fused-ring (bicyclic) bond motifs is 3. The first-order valence-electron chi connectivity index (χ1n) is 7.37. The van der Waals surface area contributed by atoms with Gasteiger partial charge in [0.2, 0.25) is 0 Å². The fourth-order valence-corrected chi connectivity index (χ4v) is 3.07. The quantitative estimate of drug-likeness (QED) is 0.816. The molecule has 0 atom stereocenters. The van der Waals surface area contributed by atoms with Gasteiger partial charge in [-0.25, -0.2) is 4.79 Å². The largest absolute Gasteiger partial charge is 0.449 e. The lowest BCUT2D eigenvalue weighted by atomic mass is 9.98. The van der Waals surface area contributed by atoms with Crippen LogP contribution in [-0.4, -0.2) is 30.4 Å². The Morgan fingerprint density at radius 3 is 2.13 bits per heavy atom. The van der Waals surface area contributed by atoms with E-state index in [1.165, 1.54) is 11.1 Å². The Balaban J connectivity index is 1.71. The van der Waals surface area contributed by atoms with E-state index in [4.69, 9.17) is 4.74 Å². The fraction of sp³-hybridized carbons (Fsp3) is 0.222. The van der Waals surface area contributed by atoms with Crippen molar-refractivity contribution < 1.29 is 14.3 Å². The third kappa shape index (κ3) is 3.29. The summed E-state index contributed by atoms with van der Waals surface area (Å²) in [4.78, 5) is 22.9. The van der Waals surface area contributed by atoms with E-state index in [1.807, 2.05) is 24.3 Å². The molecule has 0 bridgehead atoms. The van der Waals surface area contributed by atoms with Crippen LogP contribution < -0.4 is 5.32 Å². The van der Waals surface area contributed by atoms with Gasteiger partial charge in [-0.05, 0) is 22.3 Å². The molecule has 2 aromatic rings. The number of amides is 1. The zero-order valence-corrected chi connectivity index (χ0v) is 14.0. The Labute approximate surface area is 143 Å². The molecule has 1 aliphatic rings. The van der Waals surface area contributed by atoms with Gasteiger partial charge in [-0.3, -0.25) is 4.79 Å². The number of benzene rings is 2. The van der Waals surface area contributed by atoms with Crippen LogP contribution in [0.3, 0.4) is 0 Å². The Morgan fingerprint density at radius 1 is 1.00 bits per heavy atom. The van der Waals surface area contributed by atoms with Crippen molar-refractivity contribution in [3.8, 4) is 11.1 Å². The van der Waals surface area contributed by atoms with E-state index in [9.17, 15) is 9.59 Å². The first-order chi connectivity index (χ1) is 11.2. The third-order valence-corrected chi connectivity index (χ3v) is 4.55. The maximum Gasteiger partial charge on any atom is 0.407 e. The lowest BCUT2D eigenvalue weighted by Crippen LogP contribution is -2.31. The molecule has 1 N–H and O–H groups in total. The monoisotopic (exact) mass is 373 g/mol. The number of hydrogen-bond donors (Lipinski definition) is 1. The lowest BCUT2D eigenvalue weighted by molar-refractivity contribution is -0.115. The number of rotatable bonds is 5. The molecule has 118 valence electrons. The highest BCUT2D eigenvalue weighted by Crippen LogP contribution is 2.44. The van der Waals surface area contributed by atoms with E-state index in [1.54, 1.807) is 0 Å². The van der Waals surface area contributed by atoms with Crippen LogP contribution in [0.15, 0.2) is 48.5 Å². The van der Waals surface area contributed by atoms with Crippen LogP contribution in [0.25, 0.3) is 11.1 Å². The van der Waals surface area contributed by atoms with Gasteiger partial charge in [0.15, 0.2) is 5.78 Å². The highest BCUT2D eigenvalue weighted by Gasteiger charge is 2.28. The van der Waals surface area contributed by atoms with Gasteiger partial charge in [0.25, 0.3) is 0 Å². The molecule has 1 amide bonds. The van der Waals surface area contributed by atoms with Gasteiger partial charge in [0.1, 0.15) is 6.61 Å². The second-order valence-electron chi connectivity index (χ2n) is 5.35. The SMILES string of the molecule is O=C(CBr)CNC(=O)OCC1c2ccccc2-c2ccccc21. The average Bonchev–Trinajstić information content (AvgIpc) is 2.92. The summed E-state index contributed by atoms with van der Waals surface area (Å²) in [5.74, 6) is -0.0708. The molecule has 0 unspecified atom stereocenters. The van der Waals surface area contributed by atoms with Crippen molar-refractivity contribution in [1.82, 2.24) is 5.32 Å². The number of halogens is 1. The Kier molecular flexibility index (Phi) is 4.76. The number of alkyl halides is 1. The Morgan fingerprint density at radius 2 is 1.57 bits per heavy atom. The van der Waals surface area contributed by atoms with E-state index < -0.39 is 6.09 Å². The molecular formula is C18H16BrNO3. The van der Waals surface area contributed by atoms with Crippen molar-refractivity contribution in [3.63, 3.8) is 0 Å². The van der Waals surface area contributed by atoms with Gasteiger partial charge in [0.05, 0.1) is 11.9 Å². The van der Waals surface area contributed by atoms with Crippen molar-refractivity contribution >= 4 is 27.8 Å². The summed E-state index contributed by atoms with van der Waals surface area (Å²) in [6, 6.07) is 16.3. The van der Waals surface area contributed by atoms with Crippen LogP contribution in [0.2, 0.25) is 0 Å². The summed E-state index contributed by atoms with van der Waals surface area (Å²) in [6.45, 7) is 0.226. The molecule has 23 heavy (non-hydrogen) atoms. The number of nitrogens with one attached hydrogen (secondary N) is 1. The molecular weight excluding hydrogens is 358 g/mol. The molecule has 5 heteroatoms. The first-order valence-corrected chi connectivity index (χ1v) is 8.49. The van der Waals surface area contributed by atoms with E-state index in [0.29, 0.717) is 0 Å². The van der Waals surface area contributed by atoms with E-state index in [0.717, 1.165) is 11.1 Å². The van der Waals surface area contributed by atoms with Crippen LogP contribution >= 0.6 is 15.9 Å². The number of ether oxygens (including phenoxy) is 1. The number of hydrogen-bond acceptors (Lipinski definition) is 3. The minimum Gasteiger partial charge on any atom is -0.449 e. The summed E-state index contributed by atoms with van der Waals surface area (Å²) in [7, 11) is 0. The maximum atomic E-state index is 11.7. The molecule has 0 spiro atoms. The van der Waals surface area contributed by atoms with Crippen molar-refractivity contribution in [1.29, 1.82) is 0 Å². The zero-order valence-electron chi connectivity index (χ0n) is 12.4. The molecule has 4 nitrogen and oxygen atoms in total. The summed E-state index contributed by atoms with van der Waals surface area (Å²) in [6.07, 6.45) is -0.568. The third-order valence-electron chi connectivity index (χ3n) is 3.92. The summed E-state index contributed by atoms with van der Waals surface area (Å²) in [5, 5.41) is 2.68. The van der Waals surface area contributed by atoms with Crippen LogP contribution in [0, 0.1) is 0 Å². The smallest absolute Gasteiger partial charge is 0.407 e. The van der Waals surface area contributed by atoms with Gasteiger partial charge in [-0.15, -0.1) is 0 Å². The molecule has 0 saturated heterocycles. The van der Waals surface area contributed by atoms with Crippen LogP contribution in [0.4, 0.5) is 4.79 Å². The average molecular weight is 374 g/mol. The molecule has 0 fully saturated rings. The number of carbonyl (C=O) groups excluding carboxylic acids is 2. The van der Waals surface area contributed by atoms with E-state index in [2.05, 4.69) is 45.5 Å². The number of carbonyl (C=O) groups is 2. The molecule has 1 aliphatic carbocycles. The number of ketones is 1. The molecule has 0 aromatic heterocycles. The minimum atomic E-state index is -0.568. The number of alkyl carbamates (subject to hydrolysis) is 1. The van der Waals surface area contributed by atoms with E-state index in [-0.39, 0.29) is 30.2 Å². The molecule has 2 aromatic carbocycles. The van der Waals surface area contributed by atoms with Gasteiger partial charge in [-0.1, -0.05) is 64.5 Å². The van der Waals surface area contributed by atoms with Gasteiger partial charge >= 0.3 is 6.09 Å². The second kappa shape index (κ2) is 6.96. The lowest BCUT2D eigenvalue weighted by Gasteiger charge is -2.14. The summed E-state index contributed by atoms with van der Waals surface area (Å²) in [5.41, 5.74) is 4.70. The van der Waals surface area contributed by atoms with Crippen molar-refractivity contribution in [2.45, 2.75) is 5.92 Å². The first kappa shape index (κ1) is 15.7. The fourth-order valence-electron chi connectivity index (χ4n) is 2.87. The summed E-state index contributed by atoms with van der Waals surface area (Å²) >= 11 is 3.05. The number of Topliss-reactive ketones (excluding diaryl/α,β-unsaturated/α-hetero) is 1. The molecule has 0 saturated carbocycles. The van der Waals surface area contributed by atoms with Crippen LogP contribution in [0.1, 0.15) is 17.0 Å². The van der Waals surface area contributed by atoms with Crippen molar-refractivity contribution in [2.24, 2.45) is 0 Å². The van der Waals surface area contributed by atoms with Crippen molar-refractivity contribution in [2.75, 3.05) is 18.5 Å². The van der Waals surface area contributed by atoms with E-state index >= 15 is 0 Å². The molecule has 3 rings (SSSR count). The zero-order chi connectivity index (χ0) is 16.2. The predicted octanol–water partition coefficient (Wildman–Crippen LogP) is 3.49. The summed E-state index contributed by atoms with van der Waals surface area (Å²) < 4.78 is 5.32. The second-order valence-corrected chi connectivity index (χ2v) is 5.91. The van der Waals surface area contributed by atoms with Crippen LogP contribution in [-0.2, 0) is 9.53 Å². The topological polar surface area (TPSA) is 55.4 Å². The predicted molar refractivity (Wildman–Crippen MR) is 91.9 cm³/mol. The maximum absolute atomic E-state index is 11.7. The van der Waals surface area contributed by atoms with Gasteiger partial charge in [0, 0.05) is 5.92 Å². The molecule has 0 aliphatic heterocycles. The highest BCUT2D eigenvalue weighted by molar-refractivity contribution is 9.09. The Hall–Kier alpha value is -2.14. The Bertz CT molecular complexity index is 699. The van der Waals surface area contributed by atoms with Gasteiger partial charge < -0.3 is 10.1 Å².